The number of ether oxygens (including phenoxy) is 1. The van der Waals surface area contributed by atoms with Crippen LogP contribution in [-0.4, -0.2) is 55.4 Å². The number of aliphatic imine (C=N–C) groups is 1. The van der Waals surface area contributed by atoms with Crippen molar-refractivity contribution in [2.45, 2.75) is 0 Å². The Morgan fingerprint density at radius 1 is 1.52 bits per heavy atom. The van der Waals surface area contributed by atoms with E-state index in [2.05, 4.69) is 25.2 Å². The van der Waals surface area contributed by atoms with Gasteiger partial charge in [-0.25, -0.2) is 4.98 Å². The van der Waals surface area contributed by atoms with Gasteiger partial charge < -0.3 is 20.4 Å². The highest BCUT2D eigenvalue weighted by Gasteiger charge is 2.19. The number of carbonyl (C=O) groups is 1. The van der Waals surface area contributed by atoms with Gasteiger partial charge in [0.2, 0.25) is 0 Å². The van der Waals surface area contributed by atoms with E-state index in [4.69, 9.17) is 10.5 Å². The standard InChI is InChI=1S/C15H18N6O3S/c1-17-7-9(6-16)13(22)20-15-19-11-12(25-15)10(8-18-14(11)23)21-2-4-24-5-3-21/h6-8H,2-5,16H2,1H3,(H,18,23)(H,19,20,22)/b9-6+,17-7?. The number of nitrogens with two attached hydrogens (primary N) is 1. The van der Waals surface area contributed by atoms with E-state index in [0.29, 0.717) is 23.9 Å². The lowest BCUT2D eigenvalue weighted by molar-refractivity contribution is -0.112. The molecule has 1 saturated heterocycles. The minimum absolute atomic E-state index is 0.212. The van der Waals surface area contributed by atoms with Crippen molar-refractivity contribution in [2.24, 2.45) is 10.7 Å². The minimum atomic E-state index is -0.434. The number of pyridine rings is 1. The van der Waals surface area contributed by atoms with Crippen molar-refractivity contribution in [1.82, 2.24) is 9.97 Å². The molecule has 10 heteroatoms. The van der Waals surface area contributed by atoms with Gasteiger partial charge in [-0.15, -0.1) is 0 Å². The molecule has 3 rings (SSSR count). The number of anilines is 2. The summed E-state index contributed by atoms with van der Waals surface area (Å²) in [6.45, 7) is 2.72. The van der Waals surface area contributed by atoms with E-state index in [1.165, 1.54) is 23.8 Å². The molecule has 4 N–H and O–H groups in total. The zero-order valence-corrected chi connectivity index (χ0v) is 14.4. The zero-order valence-electron chi connectivity index (χ0n) is 13.6. The van der Waals surface area contributed by atoms with Gasteiger partial charge in [0.25, 0.3) is 11.5 Å². The number of hydrogen-bond acceptors (Lipinski definition) is 8. The molecule has 0 radical (unpaired) electrons. The van der Waals surface area contributed by atoms with Gasteiger partial charge in [0.15, 0.2) is 10.6 Å². The maximum absolute atomic E-state index is 12.2. The average molecular weight is 362 g/mol. The predicted molar refractivity (Wildman–Crippen MR) is 98.6 cm³/mol. The first kappa shape index (κ1) is 17.1. The molecule has 1 amide bonds. The molecule has 0 atom stereocenters. The molecule has 0 unspecified atom stereocenters. The highest BCUT2D eigenvalue weighted by molar-refractivity contribution is 7.23. The molecule has 0 saturated carbocycles. The molecule has 0 spiro atoms. The van der Waals surface area contributed by atoms with Gasteiger partial charge >= 0.3 is 0 Å². The molecular formula is C15H18N6O3S. The molecule has 0 aliphatic carbocycles. The monoisotopic (exact) mass is 362 g/mol. The second kappa shape index (κ2) is 7.45. The van der Waals surface area contributed by atoms with E-state index < -0.39 is 5.91 Å². The lowest BCUT2D eigenvalue weighted by Crippen LogP contribution is -2.36. The molecule has 2 aromatic rings. The topological polar surface area (TPSA) is 126 Å². The first-order valence-electron chi connectivity index (χ1n) is 7.64. The highest BCUT2D eigenvalue weighted by Crippen LogP contribution is 2.32. The Kier molecular flexibility index (Phi) is 5.10. The molecular weight excluding hydrogens is 344 g/mol. The van der Waals surface area contributed by atoms with Crippen LogP contribution in [0.2, 0.25) is 0 Å². The van der Waals surface area contributed by atoms with Gasteiger partial charge in [-0.05, 0) is 0 Å². The van der Waals surface area contributed by atoms with Crippen LogP contribution in [0.4, 0.5) is 10.8 Å². The van der Waals surface area contributed by atoms with Crippen molar-refractivity contribution in [3.05, 3.63) is 28.3 Å². The number of amides is 1. The van der Waals surface area contributed by atoms with E-state index in [1.54, 1.807) is 13.2 Å². The Morgan fingerprint density at radius 2 is 2.28 bits per heavy atom. The summed E-state index contributed by atoms with van der Waals surface area (Å²) < 4.78 is 6.09. The predicted octanol–water partition coefficient (Wildman–Crippen LogP) is 0.303. The van der Waals surface area contributed by atoms with Crippen LogP contribution in [0.1, 0.15) is 0 Å². The lowest BCUT2D eigenvalue weighted by Gasteiger charge is -2.28. The van der Waals surface area contributed by atoms with Gasteiger partial charge in [0, 0.05) is 38.7 Å². The summed E-state index contributed by atoms with van der Waals surface area (Å²) in [5.74, 6) is -0.434. The van der Waals surface area contributed by atoms with Crippen LogP contribution in [0.15, 0.2) is 27.8 Å². The fraction of sp³-hybridized carbons (Fsp3) is 0.333. The molecule has 1 aliphatic heterocycles. The second-order valence-corrected chi connectivity index (χ2v) is 6.26. The Balaban J connectivity index is 1.95. The number of carbonyl (C=O) groups excluding carboxylic acids is 1. The van der Waals surface area contributed by atoms with E-state index in [0.717, 1.165) is 23.5 Å². The molecule has 1 aliphatic rings. The van der Waals surface area contributed by atoms with Gasteiger partial charge in [-0.1, -0.05) is 11.3 Å². The largest absolute Gasteiger partial charge is 0.404 e. The third-order valence-corrected chi connectivity index (χ3v) is 4.69. The second-order valence-electron chi connectivity index (χ2n) is 5.26. The third kappa shape index (κ3) is 3.54. The van der Waals surface area contributed by atoms with Crippen molar-refractivity contribution in [3.63, 3.8) is 0 Å². The third-order valence-electron chi connectivity index (χ3n) is 3.70. The zero-order chi connectivity index (χ0) is 17.8. The normalized spacial score (nSPS) is 15.9. The van der Waals surface area contributed by atoms with Crippen LogP contribution in [0.5, 0.6) is 0 Å². The average Bonchev–Trinajstić information content (AvgIpc) is 3.05. The number of aromatic nitrogens is 2. The Hall–Kier alpha value is -2.72. The number of H-pyrrole nitrogens is 1. The summed E-state index contributed by atoms with van der Waals surface area (Å²) in [5, 5.41) is 2.99. The number of rotatable bonds is 4. The van der Waals surface area contributed by atoms with Gasteiger partial charge in [-0.2, -0.15) is 0 Å². The highest BCUT2D eigenvalue weighted by atomic mass is 32.1. The summed E-state index contributed by atoms with van der Waals surface area (Å²) in [6, 6.07) is 0. The SMILES string of the molecule is CN=C/C(=C\N)C(=O)Nc1nc2c(=O)[nH]cc(N3CCOCC3)c2s1. The number of aromatic amines is 1. The van der Waals surface area contributed by atoms with Gasteiger partial charge in [-0.3, -0.25) is 19.9 Å². The van der Waals surface area contributed by atoms with Crippen molar-refractivity contribution >= 4 is 44.5 Å². The van der Waals surface area contributed by atoms with Crippen molar-refractivity contribution in [3.8, 4) is 0 Å². The van der Waals surface area contributed by atoms with Crippen molar-refractivity contribution in [1.29, 1.82) is 0 Å². The molecule has 9 nitrogen and oxygen atoms in total. The maximum Gasteiger partial charge on any atom is 0.275 e. The van der Waals surface area contributed by atoms with Crippen LogP contribution in [-0.2, 0) is 9.53 Å². The first-order valence-corrected chi connectivity index (χ1v) is 8.46. The smallest absolute Gasteiger partial charge is 0.275 e. The lowest BCUT2D eigenvalue weighted by atomic mass is 10.3. The Labute approximate surface area is 147 Å². The fourth-order valence-corrected chi connectivity index (χ4v) is 3.50. The number of thiazole rings is 1. The molecule has 132 valence electrons. The van der Waals surface area contributed by atoms with Crippen LogP contribution in [0, 0.1) is 0 Å². The molecule has 1 fully saturated rings. The molecule has 0 aromatic carbocycles. The van der Waals surface area contributed by atoms with E-state index in [1.807, 2.05) is 0 Å². The summed E-state index contributed by atoms with van der Waals surface area (Å²) >= 11 is 1.25. The molecule has 3 heterocycles. The van der Waals surface area contributed by atoms with Crippen molar-refractivity contribution < 1.29 is 9.53 Å². The van der Waals surface area contributed by atoms with Gasteiger partial charge in [0.05, 0.1) is 29.2 Å². The van der Waals surface area contributed by atoms with Crippen LogP contribution in [0.3, 0.4) is 0 Å². The van der Waals surface area contributed by atoms with Crippen LogP contribution < -0.4 is 21.5 Å². The number of fused-ring (bicyclic) bond motifs is 1. The number of nitrogens with zero attached hydrogens (tertiary/aromatic N) is 3. The summed E-state index contributed by atoms with van der Waals surface area (Å²) in [7, 11) is 1.54. The minimum Gasteiger partial charge on any atom is -0.404 e. The van der Waals surface area contributed by atoms with E-state index >= 15 is 0 Å². The molecule has 2 aromatic heterocycles. The Morgan fingerprint density at radius 3 is 2.96 bits per heavy atom. The molecule has 0 bridgehead atoms. The molecule has 25 heavy (non-hydrogen) atoms. The fourth-order valence-electron chi connectivity index (χ4n) is 2.49. The quantitative estimate of drug-likeness (QED) is 0.531. The number of hydrogen-bond donors (Lipinski definition) is 3. The van der Waals surface area contributed by atoms with Crippen molar-refractivity contribution in [2.75, 3.05) is 43.6 Å². The summed E-state index contributed by atoms with van der Waals surface area (Å²) in [4.78, 5) is 37.1. The Bertz CT molecular complexity index is 894. The first-order chi connectivity index (χ1) is 12.1. The van der Waals surface area contributed by atoms with Crippen LogP contribution in [0.25, 0.3) is 10.2 Å². The van der Waals surface area contributed by atoms with E-state index in [9.17, 15) is 9.59 Å². The number of nitrogens with one attached hydrogen (secondary N) is 2. The van der Waals surface area contributed by atoms with E-state index in [-0.39, 0.29) is 11.1 Å². The maximum atomic E-state index is 12.2. The summed E-state index contributed by atoms with van der Waals surface area (Å²) in [6.07, 6.45) is 4.20. The number of morpholine rings is 1. The summed E-state index contributed by atoms with van der Waals surface area (Å²) in [5.41, 5.74) is 6.52. The van der Waals surface area contributed by atoms with Gasteiger partial charge in [0.1, 0.15) is 0 Å². The van der Waals surface area contributed by atoms with Crippen LogP contribution >= 0.6 is 11.3 Å².